The van der Waals surface area contributed by atoms with Crippen LogP contribution in [0.15, 0.2) is 29.2 Å². The summed E-state index contributed by atoms with van der Waals surface area (Å²) in [5, 5.41) is 0. The maximum Gasteiger partial charge on any atom is 0.337 e. The van der Waals surface area contributed by atoms with Gasteiger partial charge in [0.15, 0.2) is 0 Å². The fourth-order valence-corrected chi connectivity index (χ4v) is 3.92. The standard InChI is InChI=1S/C15H21NO4S/c1-11-6-8-13(9-7-11)16-21(18,19)14-5-3-4-12(10-14)15(17)20-2/h3-5,10-11,13,16H,6-9H2,1-2H3. The highest BCUT2D eigenvalue weighted by Gasteiger charge is 2.24. The van der Waals surface area contributed by atoms with Crippen molar-refractivity contribution in [3.63, 3.8) is 0 Å². The summed E-state index contributed by atoms with van der Waals surface area (Å²) in [6.07, 6.45) is 3.79. The number of methoxy groups -OCH3 is 1. The van der Waals surface area contributed by atoms with Gasteiger partial charge in [0.1, 0.15) is 0 Å². The lowest BCUT2D eigenvalue weighted by atomic mass is 9.88. The normalized spacial score (nSPS) is 22.8. The van der Waals surface area contributed by atoms with Crippen LogP contribution in [0.4, 0.5) is 0 Å². The van der Waals surface area contributed by atoms with Gasteiger partial charge in [-0.25, -0.2) is 17.9 Å². The highest BCUT2D eigenvalue weighted by atomic mass is 32.2. The van der Waals surface area contributed by atoms with Crippen molar-refractivity contribution >= 4 is 16.0 Å². The molecule has 0 radical (unpaired) electrons. The Morgan fingerprint density at radius 1 is 1.24 bits per heavy atom. The van der Waals surface area contributed by atoms with E-state index in [4.69, 9.17) is 0 Å². The van der Waals surface area contributed by atoms with E-state index in [1.54, 1.807) is 6.07 Å². The van der Waals surface area contributed by atoms with Crippen LogP contribution in [0.5, 0.6) is 0 Å². The first-order valence-corrected chi connectivity index (χ1v) is 8.61. The average molecular weight is 311 g/mol. The van der Waals surface area contributed by atoms with Gasteiger partial charge < -0.3 is 4.74 Å². The van der Waals surface area contributed by atoms with E-state index < -0.39 is 16.0 Å². The number of rotatable bonds is 4. The first-order valence-electron chi connectivity index (χ1n) is 7.13. The number of esters is 1. The van der Waals surface area contributed by atoms with Crippen LogP contribution >= 0.6 is 0 Å². The third kappa shape index (κ3) is 4.04. The van der Waals surface area contributed by atoms with Crippen molar-refractivity contribution in [1.29, 1.82) is 0 Å². The number of hydrogen-bond acceptors (Lipinski definition) is 4. The molecule has 0 atom stereocenters. The van der Waals surface area contributed by atoms with E-state index in [0.717, 1.165) is 25.7 Å². The largest absolute Gasteiger partial charge is 0.465 e. The minimum Gasteiger partial charge on any atom is -0.465 e. The van der Waals surface area contributed by atoms with E-state index in [-0.39, 0.29) is 16.5 Å². The smallest absolute Gasteiger partial charge is 0.337 e. The van der Waals surface area contributed by atoms with E-state index >= 15 is 0 Å². The van der Waals surface area contributed by atoms with Gasteiger partial charge in [-0.15, -0.1) is 0 Å². The number of nitrogens with one attached hydrogen (secondary N) is 1. The van der Waals surface area contributed by atoms with Gasteiger partial charge >= 0.3 is 5.97 Å². The Bertz CT molecular complexity index is 604. The molecule has 116 valence electrons. The molecule has 0 unspecified atom stereocenters. The molecule has 0 bridgehead atoms. The van der Waals surface area contributed by atoms with Crippen LogP contribution in [0.2, 0.25) is 0 Å². The maximum atomic E-state index is 12.4. The van der Waals surface area contributed by atoms with E-state index in [1.807, 2.05) is 0 Å². The Balaban J connectivity index is 2.14. The fraction of sp³-hybridized carbons (Fsp3) is 0.533. The minimum absolute atomic E-state index is 0.0204. The number of hydrogen-bond donors (Lipinski definition) is 1. The van der Waals surface area contributed by atoms with Crippen LogP contribution < -0.4 is 4.72 Å². The number of sulfonamides is 1. The summed E-state index contributed by atoms with van der Waals surface area (Å²) in [7, 11) is -2.33. The predicted molar refractivity (Wildman–Crippen MR) is 79.5 cm³/mol. The predicted octanol–water partition coefficient (Wildman–Crippen LogP) is 2.33. The van der Waals surface area contributed by atoms with Crippen molar-refractivity contribution in [1.82, 2.24) is 4.72 Å². The fourth-order valence-electron chi connectivity index (χ4n) is 2.57. The van der Waals surface area contributed by atoms with Gasteiger partial charge in [0.25, 0.3) is 0 Å². The van der Waals surface area contributed by atoms with Crippen LogP contribution in [-0.4, -0.2) is 27.5 Å². The Labute approximate surface area is 125 Å². The molecular weight excluding hydrogens is 290 g/mol. The van der Waals surface area contributed by atoms with Gasteiger partial charge in [-0.1, -0.05) is 13.0 Å². The van der Waals surface area contributed by atoms with Crippen LogP contribution in [-0.2, 0) is 14.8 Å². The van der Waals surface area contributed by atoms with Crippen molar-refractivity contribution in [2.75, 3.05) is 7.11 Å². The monoisotopic (exact) mass is 311 g/mol. The molecule has 1 aliphatic carbocycles. The van der Waals surface area contributed by atoms with Gasteiger partial charge in [0.2, 0.25) is 10.0 Å². The molecule has 0 aliphatic heterocycles. The van der Waals surface area contributed by atoms with E-state index in [1.165, 1.54) is 25.3 Å². The summed E-state index contributed by atoms with van der Waals surface area (Å²) in [6, 6.07) is 5.89. The summed E-state index contributed by atoms with van der Waals surface area (Å²) >= 11 is 0. The van der Waals surface area contributed by atoms with Gasteiger partial charge in [0.05, 0.1) is 17.6 Å². The highest BCUT2D eigenvalue weighted by Crippen LogP contribution is 2.25. The van der Waals surface area contributed by atoms with Crippen molar-refractivity contribution in [3.8, 4) is 0 Å². The molecule has 1 aromatic carbocycles. The van der Waals surface area contributed by atoms with Crippen LogP contribution in [0.25, 0.3) is 0 Å². The molecule has 1 fully saturated rings. The summed E-state index contributed by atoms with van der Waals surface area (Å²) in [5.74, 6) is 0.118. The number of benzene rings is 1. The average Bonchev–Trinajstić information content (AvgIpc) is 2.49. The molecule has 5 nitrogen and oxygen atoms in total. The topological polar surface area (TPSA) is 72.5 Å². The number of ether oxygens (including phenoxy) is 1. The summed E-state index contributed by atoms with van der Waals surface area (Å²) in [4.78, 5) is 11.6. The lowest BCUT2D eigenvalue weighted by Gasteiger charge is -2.26. The number of carbonyl (C=O) groups excluding carboxylic acids is 1. The molecule has 6 heteroatoms. The van der Waals surface area contributed by atoms with Gasteiger partial charge in [-0.2, -0.15) is 0 Å². The SMILES string of the molecule is COC(=O)c1cccc(S(=O)(=O)NC2CCC(C)CC2)c1. The van der Waals surface area contributed by atoms with Crippen LogP contribution in [0.1, 0.15) is 43.0 Å². The van der Waals surface area contributed by atoms with Crippen molar-refractivity contribution in [2.45, 2.75) is 43.5 Å². The summed E-state index contributed by atoms with van der Waals surface area (Å²) < 4.78 is 32.1. The molecule has 1 aliphatic rings. The maximum absolute atomic E-state index is 12.4. The zero-order valence-corrected chi connectivity index (χ0v) is 13.2. The van der Waals surface area contributed by atoms with Crippen LogP contribution in [0.3, 0.4) is 0 Å². The van der Waals surface area contributed by atoms with E-state index in [0.29, 0.717) is 5.92 Å². The Morgan fingerprint density at radius 2 is 1.90 bits per heavy atom. The molecular formula is C15H21NO4S. The first-order chi connectivity index (χ1) is 9.92. The molecule has 2 rings (SSSR count). The quantitative estimate of drug-likeness (QED) is 0.866. The first kappa shape index (κ1) is 16.0. The molecule has 0 heterocycles. The minimum atomic E-state index is -3.60. The van der Waals surface area contributed by atoms with Crippen LogP contribution in [0, 0.1) is 5.92 Å². The second-order valence-corrected chi connectivity index (χ2v) is 7.31. The second-order valence-electron chi connectivity index (χ2n) is 5.60. The molecule has 0 saturated heterocycles. The molecule has 1 saturated carbocycles. The third-order valence-corrected chi connectivity index (χ3v) is 5.42. The summed E-state index contributed by atoms with van der Waals surface area (Å²) in [6.45, 7) is 2.19. The molecule has 21 heavy (non-hydrogen) atoms. The van der Waals surface area contributed by atoms with Crippen molar-refractivity contribution in [2.24, 2.45) is 5.92 Å². The van der Waals surface area contributed by atoms with Crippen molar-refractivity contribution < 1.29 is 17.9 Å². The Morgan fingerprint density at radius 3 is 2.52 bits per heavy atom. The Hall–Kier alpha value is -1.40. The lowest BCUT2D eigenvalue weighted by Crippen LogP contribution is -2.37. The number of carbonyl (C=O) groups is 1. The van der Waals surface area contributed by atoms with E-state index in [9.17, 15) is 13.2 Å². The van der Waals surface area contributed by atoms with E-state index in [2.05, 4.69) is 16.4 Å². The second kappa shape index (κ2) is 6.58. The molecule has 1 aromatic rings. The zero-order chi connectivity index (χ0) is 15.5. The highest BCUT2D eigenvalue weighted by molar-refractivity contribution is 7.89. The Kier molecular flexibility index (Phi) is 5.00. The lowest BCUT2D eigenvalue weighted by molar-refractivity contribution is 0.0600. The molecule has 0 aromatic heterocycles. The molecule has 1 N–H and O–H groups in total. The van der Waals surface area contributed by atoms with Gasteiger partial charge in [-0.3, -0.25) is 0 Å². The molecule has 0 amide bonds. The third-order valence-electron chi connectivity index (χ3n) is 3.90. The van der Waals surface area contributed by atoms with Gasteiger partial charge in [0, 0.05) is 6.04 Å². The molecule has 0 spiro atoms. The summed E-state index contributed by atoms with van der Waals surface area (Å²) in [5.41, 5.74) is 0.234. The van der Waals surface area contributed by atoms with Gasteiger partial charge in [-0.05, 0) is 49.8 Å². The zero-order valence-electron chi connectivity index (χ0n) is 12.3. The van der Waals surface area contributed by atoms with Crippen molar-refractivity contribution in [3.05, 3.63) is 29.8 Å².